The highest BCUT2D eigenvalue weighted by molar-refractivity contribution is 5.94. The number of nitrogens with one attached hydrogen (secondary N) is 1. The number of hydrogen-bond acceptors (Lipinski definition) is 2. The third-order valence-electron chi connectivity index (χ3n) is 2.53. The van der Waals surface area contributed by atoms with E-state index in [9.17, 15) is 4.79 Å². The number of carboxylic acids is 1. The molecule has 0 unspecified atom stereocenters. The van der Waals surface area contributed by atoms with Crippen molar-refractivity contribution in [3.63, 3.8) is 0 Å². The van der Waals surface area contributed by atoms with Crippen LogP contribution < -0.4 is 5.32 Å². The van der Waals surface area contributed by atoms with Crippen molar-refractivity contribution in [3.05, 3.63) is 53.9 Å². The third-order valence-corrected chi connectivity index (χ3v) is 2.53. The van der Waals surface area contributed by atoms with Crippen LogP contribution in [0.3, 0.4) is 0 Å². The molecule has 0 saturated carbocycles. The second kappa shape index (κ2) is 4.74. The van der Waals surface area contributed by atoms with E-state index < -0.39 is 5.97 Å². The molecule has 0 aliphatic rings. The lowest BCUT2D eigenvalue weighted by Gasteiger charge is -2.08. The van der Waals surface area contributed by atoms with Crippen molar-refractivity contribution < 1.29 is 9.90 Å². The average Bonchev–Trinajstić information content (AvgIpc) is 2.73. The van der Waals surface area contributed by atoms with Gasteiger partial charge in [-0.1, -0.05) is 12.1 Å². The second-order valence-corrected chi connectivity index (χ2v) is 3.89. The van der Waals surface area contributed by atoms with Gasteiger partial charge >= 0.3 is 5.97 Å². The standard InChI is InChI=1S/C13H14N2O2/c1-15-7-6-10(9-15)8-14-12-5-3-2-4-11(12)13(16)17/h2-7,9,14H,8H2,1H3,(H,16,17). The Morgan fingerprint density at radius 1 is 1.35 bits per heavy atom. The summed E-state index contributed by atoms with van der Waals surface area (Å²) in [5, 5.41) is 12.2. The Labute approximate surface area is 99.5 Å². The summed E-state index contributed by atoms with van der Waals surface area (Å²) in [4.78, 5) is 11.0. The van der Waals surface area contributed by atoms with Gasteiger partial charge in [0.1, 0.15) is 0 Å². The van der Waals surface area contributed by atoms with Gasteiger partial charge in [-0.05, 0) is 23.8 Å². The number of benzene rings is 1. The number of carbonyl (C=O) groups is 1. The van der Waals surface area contributed by atoms with Crippen LogP contribution in [0.4, 0.5) is 5.69 Å². The molecule has 1 aromatic heterocycles. The smallest absolute Gasteiger partial charge is 0.337 e. The van der Waals surface area contributed by atoms with Gasteiger partial charge in [0.05, 0.1) is 5.56 Å². The van der Waals surface area contributed by atoms with E-state index in [4.69, 9.17) is 5.11 Å². The first-order valence-electron chi connectivity index (χ1n) is 5.34. The van der Waals surface area contributed by atoms with Gasteiger partial charge in [-0.2, -0.15) is 0 Å². The summed E-state index contributed by atoms with van der Waals surface area (Å²) in [6, 6.07) is 8.90. The Hall–Kier alpha value is -2.23. The number of aromatic nitrogens is 1. The molecule has 88 valence electrons. The highest BCUT2D eigenvalue weighted by Crippen LogP contribution is 2.16. The molecule has 2 rings (SSSR count). The highest BCUT2D eigenvalue weighted by atomic mass is 16.4. The lowest BCUT2D eigenvalue weighted by molar-refractivity contribution is 0.0698. The SMILES string of the molecule is Cn1ccc(CNc2ccccc2C(=O)O)c1. The quantitative estimate of drug-likeness (QED) is 0.847. The molecule has 0 spiro atoms. The molecular formula is C13H14N2O2. The number of para-hydroxylation sites is 1. The fourth-order valence-corrected chi connectivity index (χ4v) is 1.69. The van der Waals surface area contributed by atoms with E-state index >= 15 is 0 Å². The van der Waals surface area contributed by atoms with Gasteiger partial charge in [0.2, 0.25) is 0 Å². The van der Waals surface area contributed by atoms with Crippen molar-refractivity contribution in [2.24, 2.45) is 7.05 Å². The number of carboxylic acid groups (broad SMARTS) is 1. The predicted octanol–water partition coefficient (Wildman–Crippen LogP) is 2.34. The van der Waals surface area contributed by atoms with Gasteiger partial charge in [0.15, 0.2) is 0 Å². The van der Waals surface area contributed by atoms with Crippen LogP contribution in [0.2, 0.25) is 0 Å². The molecule has 2 aromatic rings. The van der Waals surface area contributed by atoms with Crippen molar-refractivity contribution in [2.75, 3.05) is 5.32 Å². The summed E-state index contributed by atoms with van der Waals surface area (Å²) >= 11 is 0. The molecule has 4 heteroatoms. The molecule has 0 amide bonds. The molecule has 4 nitrogen and oxygen atoms in total. The van der Waals surface area contributed by atoms with Crippen molar-refractivity contribution >= 4 is 11.7 Å². The largest absolute Gasteiger partial charge is 0.478 e. The number of hydrogen-bond donors (Lipinski definition) is 2. The van der Waals surface area contributed by atoms with Crippen LogP contribution in [-0.4, -0.2) is 15.6 Å². The fourth-order valence-electron chi connectivity index (χ4n) is 1.69. The van der Waals surface area contributed by atoms with Gasteiger partial charge in [0.25, 0.3) is 0 Å². The normalized spacial score (nSPS) is 10.2. The zero-order chi connectivity index (χ0) is 12.3. The van der Waals surface area contributed by atoms with Crippen LogP contribution in [0.25, 0.3) is 0 Å². The molecule has 0 atom stereocenters. The summed E-state index contributed by atoms with van der Waals surface area (Å²) in [7, 11) is 1.95. The minimum Gasteiger partial charge on any atom is -0.478 e. The lowest BCUT2D eigenvalue weighted by Crippen LogP contribution is -2.05. The Bertz CT molecular complexity index is 532. The van der Waals surface area contributed by atoms with Crippen LogP contribution >= 0.6 is 0 Å². The van der Waals surface area contributed by atoms with Gasteiger partial charge in [-0.25, -0.2) is 4.79 Å². The van der Waals surface area contributed by atoms with Crippen LogP contribution in [0, 0.1) is 0 Å². The van der Waals surface area contributed by atoms with E-state index in [1.807, 2.05) is 36.1 Å². The summed E-state index contributed by atoms with van der Waals surface area (Å²) < 4.78 is 1.96. The maximum absolute atomic E-state index is 11.0. The number of rotatable bonds is 4. The zero-order valence-corrected chi connectivity index (χ0v) is 9.55. The van der Waals surface area contributed by atoms with Crippen LogP contribution in [0.5, 0.6) is 0 Å². The molecule has 1 aromatic carbocycles. The Balaban J connectivity index is 2.11. The molecule has 0 fully saturated rings. The topological polar surface area (TPSA) is 54.3 Å². The van der Waals surface area contributed by atoms with Crippen molar-refractivity contribution in [3.8, 4) is 0 Å². The number of nitrogens with zero attached hydrogens (tertiary/aromatic N) is 1. The molecule has 0 aliphatic carbocycles. The van der Waals surface area contributed by atoms with E-state index in [0.717, 1.165) is 5.56 Å². The third kappa shape index (κ3) is 2.66. The van der Waals surface area contributed by atoms with E-state index in [1.165, 1.54) is 0 Å². The summed E-state index contributed by atoms with van der Waals surface area (Å²) in [5.41, 5.74) is 2.06. The van der Waals surface area contributed by atoms with Gasteiger partial charge in [-0.3, -0.25) is 0 Å². The lowest BCUT2D eigenvalue weighted by atomic mass is 10.1. The minimum atomic E-state index is -0.916. The van der Waals surface area contributed by atoms with Crippen molar-refractivity contribution in [2.45, 2.75) is 6.54 Å². The molecule has 0 saturated heterocycles. The van der Waals surface area contributed by atoms with E-state index in [0.29, 0.717) is 17.8 Å². The molecule has 0 aliphatic heterocycles. The van der Waals surface area contributed by atoms with E-state index in [1.54, 1.807) is 18.2 Å². The summed E-state index contributed by atoms with van der Waals surface area (Å²) in [5.74, 6) is -0.916. The predicted molar refractivity (Wildman–Crippen MR) is 66.1 cm³/mol. The monoisotopic (exact) mass is 230 g/mol. The van der Waals surface area contributed by atoms with Crippen LogP contribution in [-0.2, 0) is 13.6 Å². The molecule has 17 heavy (non-hydrogen) atoms. The minimum absolute atomic E-state index is 0.295. The fraction of sp³-hybridized carbons (Fsp3) is 0.154. The Morgan fingerprint density at radius 2 is 2.12 bits per heavy atom. The molecule has 1 heterocycles. The molecular weight excluding hydrogens is 216 g/mol. The van der Waals surface area contributed by atoms with Gasteiger partial charge in [0, 0.05) is 31.7 Å². The average molecular weight is 230 g/mol. The first-order valence-corrected chi connectivity index (χ1v) is 5.34. The van der Waals surface area contributed by atoms with E-state index in [2.05, 4.69) is 5.32 Å². The molecule has 2 N–H and O–H groups in total. The van der Waals surface area contributed by atoms with Gasteiger partial charge in [-0.15, -0.1) is 0 Å². The summed E-state index contributed by atoms with van der Waals surface area (Å²) in [6.07, 6.45) is 3.95. The van der Waals surface area contributed by atoms with Crippen molar-refractivity contribution in [1.82, 2.24) is 4.57 Å². The maximum Gasteiger partial charge on any atom is 0.337 e. The van der Waals surface area contributed by atoms with Gasteiger partial charge < -0.3 is 15.0 Å². The Kier molecular flexibility index (Phi) is 3.14. The highest BCUT2D eigenvalue weighted by Gasteiger charge is 2.08. The Morgan fingerprint density at radius 3 is 2.76 bits per heavy atom. The van der Waals surface area contributed by atoms with Crippen LogP contribution in [0.15, 0.2) is 42.7 Å². The van der Waals surface area contributed by atoms with E-state index in [-0.39, 0.29) is 0 Å². The zero-order valence-electron chi connectivity index (χ0n) is 9.55. The van der Waals surface area contributed by atoms with Crippen LogP contribution in [0.1, 0.15) is 15.9 Å². The van der Waals surface area contributed by atoms with Crippen molar-refractivity contribution in [1.29, 1.82) is 0 Å². The second-order valence-electron chi connectivity index (χ2n) is 3.89. The number of aryl methyl sites for hydroxylation is 1. The first-order chi connectivity index (χ1) is 8.16. The maximum atomic E-state index is 11.0. The number of anilines is 1. The molecule has 0 bridgehead atoms. The molecule has 0 radical (unpaired) electrons. The number of aromatic carboxylic acids is 1. The summed E-state index contributed by atoms with van der Waals surface area (Å²) in [6.45, 7) is 0.616. The first kappa shape index (κ1) is 11.3.